The Bertz CT molecular complexity index is 236. The van der Waals surface area contributed by atoms with Crippen LogP contribution in [0.15, 0.2) is 24.3 Å². The van der Waals surface area contributed by atoms with Crippen LogP contribution < -0.4 is 0 Å². The molecule has 0 radical (unpaired) electrons. The van der Waals surface area contributed by atoms with Crippen molar-refractivity contribution < 1.29 is 21.1 Å². The van der Waals surface area contributed by atoms with Gasteiger partial charge in [0.2, 0.25) is 0 Å². The Kier molecular flexibility index (Phi) is 6.67. The van der Waals surface area contributed by atoms with Crippen molar-refractivity contribution in [1.29, 1.82) is 0 Å². The number of halogens is 1. The van der Waals surface area contributed by atoms with E-state index in [9.17, 15) is 0 Å². The third-order valence-corrected chi connectivity index (χ3v) is 2.09. The molecule has 72 valence electrons. The molecule has 1 aromatic rings. The predicted octanol–water partition coefficient (Wildman–Crippen LogP) is 3.26. The van der Waals surface area contributed by atoms with E-state index in [1.165, 1.54) is 34.7 Å². The summed E-state index contributed by atoms with van der Waals surface area (Å²) in [6.45, 7) is 1.68. The molecule has 14 heavy (non-hydrogen) atoms. The van der Waals surface area contributed by atoms with Crippen molar-refractivity contribution in [3.8, 4) is 0 Å². The van der Waals surface area contributed by atoms with Crippen molar-refractivity contribution in [2.45, 2.75) is 19.4 Å². The molecule has 0 N–H and O–H groups in total. The maximum atomic E-state index is 5.52. The summed E-state index contributed by atoms with van der Waals surface area (Å²) >= 11 is 4.25. The first kappa shape index (κ1) is 12.4. The number of ether oxygens (including phenoxy) is 1. The number of hydrogen-bond donors (Lipinski definition) is 0. The zero-order valence-electron chi connectivity index (χ0n) is 8.21. The van der Waals surface area contributed by atoms with Gasteiger partial charge in [-0.3, -0.25) is 0 Å². The molecular formula is C11H13BrOZn. The predicted molar refractivity (Wildman–Crippen MR) is 56.6 cm³/mol. The van der Waals surface area contributed by atoms with Gasteiger partial charge in [0.25, 0.3) is 0 Å². The maximum absolute atomic E-state index is 5.52. The molecule has 1 saturated carbocycles. The van der Waals surface area contributed by atoms with Crippen LogP contribution in [0, 0.1) is 12.0 Å². The molecule has 2 rings (SSSR count). The molecule has 1 fully saturated rings. The average Bonchev–Trinajstić information content (AvgIpc) is 3.07. The Morgan fingerprint density at radius 2 is 2.29 bits per heavy atom. The zero-order valence-corrected chi connectivity index (χ0v) is 12.8. The summed E-state index contributed by atoms with van der Waals surface area (Å²) < 4.78 is 5.52. The van der Waals surface area contributed by atoms with Crippen LogP contribution in [-0.4, -0.2) is 6.61 Å². The Morgan fingerprint density at radius 1 is 1.50 bits per heavy atom. The minimum absolute atomic E-state index is 0.744. The van der Waals surface area contributed by atoms with Gasteiger partial charge in [-0.15, -0.1) is 5.56 Å². The average molecular weight is 307 g/mol. The molecule has 0 unspecified atom stereocenters. The van der Waals surface area contributed by atoms with Crippen LogP contribution in [0.5, 0.6) is 0 Å². The van der Waals surface area contributed by atoms with E-state index in [-0.39, 0.29) is 0 Å². The molecule has 0 aliphatic heterocycles. The fourth-order valence-corrected chi connectivity index (χ4v) is 1.15. The zero-order chi connectivity index (χ0) is 10.2. The fraction of sp³-hybridized carbons (Fsp3) is 0.455. The van der Waals surface area contributed by atoms with Crippen LogP contribution in [0.1, 0.15) is 18.4 Å². The van der Waals surface area contributed by atoms with Crippen molar-refractivity contribution in [3.63, 3.8) is 0 Å². The van der Waals surface area contributed by atoms with Crippen LogP contribution in [0.3, 0.4) is 0 Å². The summed E-state index contributed by atoms with van der Waals surface area (Å²) in [6.07, 6.45) is 2.72. The van der Waals surface area contributed by atoms with E-state index in [2.05, 4.69) is 25.8 Å². The van der Waals surface area contributed by atoms with Gasteiger partial charge in [0.1, 0.15) is 0 Å². The van der Waals surface area contributed by atoms with E-state index in [0.717, 1.165) is 19.1 Å². The van der Waals surface area contributed by atoms with Gasteiger partial charge in [-0.1, -0.05) is 0 Å². The molecular weight excluding hydrogens is 293 g/mol. The first-order valence-electron chi connectivity index (χ1n) is 4.74. The minimum atomic E-state index is 0.744. The second kappa shape index (κ2) is 7.56. The molecule has 0 spiro atoms. The van der Waals surface area contributed by atoms with Crippen LogP contribution >= 0.6 is 13.6 Å². The van der Waals surface area contributed by atoms with Crippen molar-refractivity contribution in [2.24, 2.45) is 5.92 Å². The van der Waals surface area contributed by atoms with Crippen molar-refractivity contribution in [2.75, 3.05) is 6.61 Å². The topological polar surface area (TPSA) is 9.23 Å². The van der Waals surface area contributed by atoms with Gasteiger partial charge >= 0.3 is 30.0 Å². The Morgan fingerprint density at radius 3 is 2.86 bits per heavy atom. The molecule has 3 heteroatoms. The number of benzene rings is 1. The molecule has 1 nitrogen and oxygen atoms in total. The Labute approximate surface area is 102 Å². The first-order chi connectivity index (χ1) is 6.95. The largest absolute Gasteiger partial charge is 0.389 e. The minimum Gasteiger partial charge on any atom is -0.389 e. The molecule has 0 heterocycles. The normalized spacial score (nSPS) is 14.5. The Balaban J connectivity index is 0.000000461. The van der Waals surface area contributed by atoms with Gasteiger partial charge in [-0.25, -0.2) is 0 Å². The van der Waals surface area contributed by atoms with Gasteiger partial charge in [0.05, 0.1) is 0 Å². The van der Waals surface area contributed by atoms with E-state index < -0.39 is 0 Å². The molecule has 1 aliphatic rings. The summed E-state index contributed by atoms with van der Waals surface area (Å²) in [5.41, 5.74) is 1.22. The molecule has 0 bridgehead atoms. The molecule has 0 saturated heterocycles. The summed E-state index contributed by atoms with van der Waals surface area (Å²) in [7, 11) is 0. The fourth-order valence-electron chi connectivity index (χ4n) is 1.15. The second-order valence-electron chi connectivity index (χ2n) is 3.37. The first-order valence-corrected chi connectivity index (χ1v) is 11.7. The van der Waals surface area contributed by atoms with E-state index >= 15 is 0 Å². The van der Waals surface area contributed by atoms with Crippen LogP contribution in [0.2, 0.25) is 0 Å². The van der Waals surface area contributed by atoms with E-state index in [4.69, 9.17) is 4.74 Å². The summed E-state index contributed by atoms with van der Waals surface area (Å²) in [5.74, 6) is 0.859. The van der Waals surface area contributed by atoms with Crippen LogP contribution in [0.25, 0.3) is 0 Å². The van der Waals surface area contributed by atoms with Gasteiger partial charge in [0.15, 0.2) is 0 Å². The van der Waals surface area contributed by atoms with E-state index in [1.807, 2.05) is 18.2 Å². The molecule has 0 amide bonds. The van der Waals surface area contributed by atoms with E-state index in [0.29, 0.717) is 0 Å². The summed E-state index contributed by atoms with van der Waals surface area (Å²) in [4.78, 5) is 0. The summed E-state index contributed by atoms with van der Waals surface area (Å²) in [6, 6.07) is 11.0. The van der Waals surface area contributed by atoms with E-state index in [1.54, 1.807) is 0 Å². The van der Waals surface area contributed by atoms with Crippen molar-refractivity contribution in [1.82, 2.24) is 0 Å². The monoisotopic (exact) mass is 304 g/mol. The molecule has 0 aromatic heterocycles. The SMILES string of the molecule is [Zn+][Br].[c-]1cccc(COCC2CC2)c1. The molecule has 1 aliphatic carbocycles. The molecule has 1 aromatic carbocycles. The standard InChI is InChI=1S/C11H13O.BrH.Zn/c1-2-4-10(5-3-1)8-12-9-11-6-7-11;;/h1-2,4-5,11H,6-9H2;1H;/q-1;;+2/p-1. The van der Waals surface area contributed by atoms with Gasteiger partial charge in [0, 0.05) is 13.2 Å². The van der Waals surface area contributed by atoms with Crippen molar-refractivity contribution in [3.05, 3.63) is 35.9 Å². The Hall–Kier alpha value is 0.283. The van der Waals surface area contributed by atoms with Gasteiger partial charge < -0.3 is 4.74 Å². The quantitative estimate of drug-likeness (QED) is 0.613. The molecule has 0 atom stereocenters. The van der Waals surface area contributed by atoms with Crippen LogP contribution in [-0.2, 0) is 27.7 Å². The maximum Gasteiger partial charge on any atom is 0.0484 e. The third-order valence-electron chi connectivity index (χ3n) is 2.09. The number of hydrogen-bond acceptors (Lipinski definition) is 1. The van der Waals surface area contributed by atoms with Gasteiger partial charge in [-0.05, 0) is 18.8 Å². The van der Waals surface area contributed by atoms with Gasteiger partial charge in [-0.2, -0.15) is 30.3 Å². The second-order valence-corrected chi connectivity index (χ2v) is 3.37. The van der Waals surface area contributed by atoms with Crippen molar-refractivity contribution >= 4 is 13.6 Å². The smallest absolute Gasteiger partial charge is 0.0484 e. The van der Waals surface area contributed by atoms with Crippen LogP contribution in [0.4, 0.5) is 0 Å². The third kappa shape index (κ3) is 5.24. The number of rotatable bonds is 4. The summed E-state index contributed by atoms with van der Waals surface area (Å²) in [5, 5.41) is 0.